The van der Waals surface area contributed by atoms with Gasteiger partial charge < -0.3 is 14.6 Å². The fraction of sp³-hybridized carbons (Fsp3) is 0.310. The Morgan fingerprint density at radius 3 is 2.45 bits per heavy atom. The lowest BCUT2D eigenvalue weighted by Gasteiger charge is -2.26. The van der Waals surface area contributed by atoms with Crippen LogP contribution in [0.25, 0.3) is 11.8 Å². The fourth-order valence-electron chi connectivity index (χ4n) is 4.68. The molecule has 1 aliphatic heterocycles. The quantitative estimate of drug-likeness (QED) is 0.317. The number of nitrogens with one attached hydrogen (secondary N) is 1. The fourth-order valence-corrected chi connectivity index (χ4v) is 6.24. The molecule has 0 spiro atoms. The molecule has 3 aromatic rings. The van der Waals surface area contributed by atoms with Crippen LogP contribution in [0.2, 0.25) is 0 Å². The third kappa shape index (κ3) is 5.82. The van der Waals surface area contributed by atoms with Gasteiger partial charge in [-0.25, -0.2) is 8.42 Å². The van der Waals surface area contributed by atoms with Crippen LogP contribution >= 0.6 is 0 Å². The number of carbonyl (C=O) groups excluding carboxylic acids is 1. The molecule has 1 aliphatic rings. The molecule has 0 saturated carbocycles. The van der Waals surface area contributed by atoms with E-state index in [1.54, 1.807) is 18.2 Å². The first-order valence-electron chi connectivity index (χ1n) is 12.7. The zero-order valence-electron chi connectivity index (χ0n) is 21.9. The van der Waals surface area contributed by atoms with E-state index < -0.39 is 15.9 Å². The number of benzene rings is 2. The van der Waals surface area contributed by atoms with Crippen LogP contribution < -0.4 is 10.1 Å². The van der Waals surface area contributed by atoms with Gasteiger partial charge >= 0.3 is 0 Å². The summed E-state index contributed by atoms with van der Waals surface area (Å²) in [7, 11) is -3.64. The number of amides is 1. The lowest BCUT2D eigenvalue weighted by Crippen LogP contribution is -2.35. The predicted molar refractivity (Wildman–Crippen MR) is 148 cm³/mol. The Morgan fingerprint density at radius 2 is 1.79 bits per heavy atom. The molecule has 2 aromatic carbocycles. The summed E-state index contributed by atoms with van der Waals surface area (Å²) in [5, 5.41) is 12.4. The molecule has 0 bridgehead atoms. The van der Waals surface area contributed by atoms with Gasteiger partial charge in [-0.15, -0.1) is 0 Å². The first-order chi connectivity index (χ1) is 18.2. The number of aromatic nitrogens is 1. The lowest BCUT2D eigenvalue weighted by molar-refractivity contribution is -0.112. The van der Waals surface area contributed by atoms with Crippen LogP contribution in [0.1, 0.15) is 43.1 Å². The molecule has 0 aliphatic carbocycles. The van der Waals surface area contributed by atoms with Gasteiger partial charge in [0, 0.05) is 35.9 Å². The highest BCUT2D eigenvalue weighted by atomic mass is 32.2. The van der Waals surface area contributed by atoms with Gasteiger partial charge in [0.1, 0.15) is 17.4 Å². The molecular weight excluding hydrogens is 500 g/mol. The van der Waals surface area contributed by atoms with Crippen molar-refractivity contribution in [3.63, 3.8) is 0 Å². The summed E-state index contributed by atoms with van der Waals surface area (Å²) in [4.78, 5) is 13.1. The number of sulfonamides is 1. The molecule has 198 valence electrons. The number of ether oxygens (including phenoxy) is 1. The average molecular weight is 533 g/mol. The van der Waals surface area contributed by atoms with Crippen LogP contribution in [0, 0.1) is 25.2 Å². The maximum absolute atomic E-state index is 13.0. The molecule has 1 aromatic heterocycles. The van der Waals surface area contributed by atoms with Crippen LogP contribution in [-0.4, -0.2) is 42.9 Å². The van der Waals surface area contributed by atoms with E-state index in [2.05, 4.69) is 5.32 Å². The predicted octanol–water partition coefficient (Wildman–Crippen LogP) is 5.21. The van der Waals surface area contributed by atoms with Crippen molar-refractivity contribution in [2.75, 3.05) is 25.0 Å². The highest BCUT2D eigenvalue weighted by molar-refractivity contribution is 7.89. The second-order valence-electron chi connectivity index (χ2n) is 9.21. The molecule has 8 nitrogen and oxygen atoms in total. The van der Waals surface area contributed by atoms with Gasteiger partial charge in [0.15, 0.2) is 0 Å². The molecule has 4 rings (SSSR count). The Morgan fingerprint density at radius 1 is 1.08 bits per heavy atom. The average Bonchev–Trinajstić information content (AvgIpc) is 3.20. The lowest BCUT2D eigenvalue weighted by atomic mass is 10.1. The Bertz CT molecular complexity index is 1490. The topological polar surface area (TPSA) is 104 Å². The van der Waals surface area contributed by atoms with Crippen molar-refractivity contribution in [3.05, 3.63) is 77.1 Å². The second-order valence-corrected chi connectivity index (χ2v) is 11.1. The molecule has 0 radical (unpaired) electrons. The summed E-state index contributed by atoms with van der Waals surface area (Å²) in [5.74, 6) is 0.181. The van der Waals surface area contributed by atoms with Crippen molar-refractivity contribution in [2.24, 2.45) is 0 Å². The summed E-state index contributed by atoms with van der Waals surface area (Å²) >= 11 is 0. The number of piperidine rings is 1. The largest absolute Gasteiger partial charge is 0.494 e. The standard InChI is InChI=1S/C29H32N4O4S/c1-4-37-27-13-11-26(12-14-27)33-21(2)17-23(22(33)3)18-24(20-30)29(34)31-25-9-8-10-28(19-25)38(35,36)32-15-6-5-7-16-32/h8-14,17-19H,4-7,15-16H2,1-3H3,(H,31,34)/b24-18-. The van der Waals surface area contributed by atoms with Gasteiger partial charge in [-0.05, 0) is 93.8 Å². The first kappa shape index (κ1) is 27.2. The smallest absolute Gasteiger partial charge is 0.266 e. The van der Waals surface area contributed by atoms with Gasteiger partial charge in [0.05, 0.1) is 11.5 Å². The molecule has 0 unspecified atom stereocenters. The summed E-state index contributed by atoms with van der Waals surface area (Å²) in [5.41, 5.74) is 3.74. The summed E-state index contributed by atoms with van der Waals surface area (Å²) < 4.78 is 35.1. The second kappa shape index (κ2) is 11.7. The van der Waals surface area contributed by atoms with E-state index in [0.717, 1.165) is 47.7 Å². The highest BCUT2D eigenvalue weighted by Crippen LogP contribution is 2.26. The summed E-state index contributed by atoms with van der Waals surface area (Å²) in [6.45, 7) is 7.40. The molecule has 1 fully saturated rings. The number of anilines is 1. The Labute approximate surface area is 224 Å². The van der Waals surface area contributed by atoms with Gasteiger partial charge in [0.25, 0.3) is 5.91 Å². The minimum atomic E-state index is -3.64. The third-order valence-electron chi connectivity index (χ3n) is 6.59. The van der Waals surface area contributed by atoms with Crippen LogP contribution in [0.15, 0.2) is 65.1 Å². The molecule has 1 amide bonds. The van der Waals surface area contributed by atoms with E-state index in [1.165, 1.54) is 16.4 Å². The van der Waals surface area contributed by atoms with E-state index in [0.29, 0.717) is 25.4 Å². The van der Waals surface area contributed by atoms with E-state index in [1.807, 2.05) is 61.7 Å². The van der Waals surface area contributed by atoms with Crippen LogP contribution in [0.3, 0.4) is 0 Å². The zero-order chi connectivity index (χ0) is 27.3. The van der Waals surface area contributed by atoms with Crippen LogP contribution in [0.5, 0.6) is 5.75 Å². The molecule has 0 atom stereocenters. The number of hydrogen-bond acceptors (Lipinski definition) is 5. The normalized spacial score (nSPS) is 14.6. The first-order valence-corrected chi connectivity index (χ1v) is 14.1. The van der Waals surface area contributed by atoms with E-state index in [-0.39, 0.29) is 10.5 Å². The zero-order valence-corrected chi connectivity index (χ0v) is 22.7. The van der Waals surface area contributed by atoms with Gasteiger partial charge in [-0.3, -0.25) is 4.79 Å². The minimum absolute atomic E-state index is 0.0822. The van der Waals surface area contributed by atoms with Crippen molar-refractivity contribution in [3.8, 4) is 17.5 Å². The van der Waals surface area contributed by atoms with Crippen molar-refractivity contribution in [1.82, 2.24) is 8.87 Å². The van der Waals surface area contributed by atoms with Crippen LogP contribution in [-0.2, 0) is 14.8 Å². The Hall–Kier alpha value is -3.87. The molecule has 9 heteroatoms. The summed E-state index contributed by atoms with van der Waals surface area (Å²) in [6.07, 6.45) is 4.25. The maximum Gasteiger partial charge on any atom is 0.266 e. The number of carbonyl (C=O) groups is 1. The number of nitriles is 1. The Kier molecular flexibility index (Phi) is 8.35. The molecule has 1 saturated heterocycles. The van der Waals surface area contributed by atoms with E-state index in [4.69, 9.17) is 4.74 Å². The monoisotopic (exact) mass is 532 g/mol. The number of nitrogens with zero attached hydrogens (tertiary/aromatic N) is 3. The van der Waals surface area contributed by atoms with E-state index >= 15 is 0 Å². The number of aryl methyl sites for hydroxylation is 1. The highest BCUT2D eigenvalue weighted by Gasteiger charge is 2.26. The van der Waals surface area contributed by atoms with E-state index in [9.17, 15) is 18.5 Å². The maximum atomic E-state index is 13.0. The number of hydrogen-bond donors (Lipinski definition) is 1. The summed E-state index contributed by atoms with van der Waals surface area (Å²) in [6, 6.07) is 17.8. The van der Waals surface area contributed by atoms with Crippen LogP contribution in [0.4, 0.5) is 5.69 Å². The molecule has 38 heavy (non-hydrogen) atoms. The van der Waals surface area contributed by atoms with Gasteiger partial charge in [0.2, 0.25) is 10.0 Å². The van der Waals surface area contributed by atoms with Gasteiger partial charge in [-0.1, -0.05) is 12.5 Å². The Balaban J connectivity index is 1.56. The molecular formula is C29H32N4O4S. The SMILES string of the molecule is CCOc1ccc(-n2c(C)cc(/C=C(/C#N)C(=O)Nc3cccc(S(=O)(=O)N4CCCCC4)c3)c2C)cc1. The molecule has 2 heterocycles. The van der Waals surface area contributed by atoms with Gasteiger partial charge in [-0.2, -0.15) is 9.57 Å². The van der Waals surface area contributed by atoms with Crippen molar-refractivity contribution < 1.29 is 17.9 Å². The van der Waals surface area contributed by atoms with Crippen molar-refractivity contribution >= 4 is 27.7 Å². The third-order valence-corrected chi connectivity index (χ3v) is 8.48. The minimum Gasteiger partial charge on any atom is -0.494 e. The van der Waals surface area contributed by atoms with Crippen molar-refractivity contribution in [1.29, 1.82) is 5.26 Å². The van der Waals surface area contributed by atoms with Crippen molar-refractivity contribution in [2.45, 2.75) is 44.9 Å². The number of rotatable bonds is 8. The molecule has 1 N–H and O–H groups in total.